The van der Waals surface area contributed by atoms with E-state index in [1.165, 1.54) is 0 Å². The molecule has 0 bridgehead atoms. The minimum Gasteiger partial charge on any atom is -0.456 e. The summed E-state index contributed by atoms with van der Waals surface area (Å²) < 4.78 is 10.5. The maximum Gasteiger partial charge on any atom is 0.410 e. The van der Waals surface area contributed by atoms with Crippen molar-refractivity contribution in [2.45, 2.75) is 51.7 Å². The maximum atomic E-state index is 13.2. The second-order valence-electron chi connectivity index (χ2n) is 8.08. The Balaban J connectivity index is 1.69. The molecule has 1 spiro atoms. The summed E-state index contributed by atoms with van der Waals surface area (Å²) in [7, 11) is 0. The number of nitrogens with zero attached hydrogens (tertiary/aromatic N) is 2. The highest BCUT2D eigenvalue weighted by molar-refractivity contribution is 5.95. The fraction of sp³-hybridized carbons (Fsp3) is 0.722. The summed E-state index contributed by atoms with van der Waals surface area (Å²) in [6, 6.07) is 0. The van der Waals surface area contributed by atoms with Crippen molar-refractivity contribution in [1.29, 1.82) is 0 Å². The number of hydrogen-bond acceptors (Lipinski definition) is 6. The Kier molecular flexibility index (Phi) is 4.72. The second-order valence-corrected chi connectivity index (χ2v) is 8.08. The molecule has 0 aromatic heterocycles. The first-order valence-electron chi connectivity index (χ1n) is 9.05. The fourth-order valence-electron chi connectivity index (χ4n) is 3.64. The third-order valence-corrected chi connectivity index (χ3v) is 5.13. The first-order chi connectivity index (χ1) is 12.1. The zero-order valence-corrected chi connectivity index (χ0v) is 15.9. The van der Waals surface area contributed by atoms with Crippen molar-refractivity contribution in [3.05, 3.63) is 11.3 Å². The minimum atomic E-state index is -0.699. The summed E-state index contributed by atoms with van der Waals surface area (Å²) in [5, 5.41) is 3.35. The number of esters is 1. The Morgan fingerprint density at radius 3 is 2.38 bits per heavy atom. The molecule has 0 saturated carbocycles. The lowest BCUT2D eigenvalue weighted by atomic mass is 9.84. The van der Waals surface area contributed by atoms with Crippen LogP contribution in [0.25, 0.3) is 0 Å². The number of piperidine rings is 1. The molecule has 3 aliphatic heterocycles. The lowest BCUT2D eigenvalue weighted by molar-refractivity contribution is -0.142. The predicted molar refractivity (Wildman–Crippen MR) is 93.1 cm³/mol. The van der Waals surface area contributed by atoms with Gasteiger partial charge in [0.15, 0.2) is 0 Å². The predicted octanol–water partition coefficient (Wildman–Crippen LogP) is 1.02. The third-order valence-electron chi connectivity index (χ3n) is 5.13. The minimum absolute atomic E-state index is 0.0414. The number of cyclic esters (lactones) is 1. The van der Waals surface area contributed by atoms with E-state index in [1.54, 1.807) is 16.7 Å². The van der Waals surface area contributed by atoms with Crippen LogP contribution in [0.15, 0.2) is 11.3 Å². The lowest BCUT2D eigenvalue weighted by Gasteiger charge is -2.47. The summed E-state index contributed by atoms with van der Waals surface area (Å²) in [6.45, 7) is 9.41. The molecule has 0 aromatic rings. The van der Waals surface area contributed by atoms with Crippen LogP contribution in [-0.2, 0) is 19.1 Å². The molecule has 1 N–H and O–H groups in total. The van der Waals surface area contributed by atoms with Gasteiger partial charge in [0.05, 0.1) is 11.3 Å². The first kappa shape index (κ1) is 18.7. The van der Waals surface area contributed by atoms with Crippen LogP contribution in [0.3, 0.4) is 0 Å². The molecule has 0 aliphatic carbocycles. The molecule has 2 saturated heterocycles. The lowest BCUT2D eigenvalue weighted by Crippen LogP contribution is -2.67. The summed E-state index contributed by atoms with van der Waals surface area (Å²) in [4.78, 5) is 40.4. The summed E-state index contributed by atoms with van der Waals surface area (Å²) in [6.07, 6.45) is 0.687. The molecule has 0 aromatic carbocycles. The van der Waals surface area contributed by atoms with Gasteiger partial charge in [-0.15, -0.1) is 0 Å². The van der Waals surface area contributed by atoms with E-state index in [-0.39, 0.29) is 24.6 Å². The van der Waals surface area contributed by atoms with Crippen molar-refractivity contribution < 1.29 is 23.9 Å². The van der Waals surface area contributed by atoms with Crippen molar-refractivity contribution >= 4 is 18.0 Å². The number of amides is 2. The molecule has 144 valence electrons. The molecule has 8 nitrogen and oxygen atoms in total. The molecule has 2 amide bonds. The number of rotatable bonds is 1. The number of ether oxygens (including phenoxy) is 2. The van der Waals surface area contributed by atoms with Crippen molar-refractivity contribution in [2.75, 3.05) is 32.8 Å². The van der Waals surface area contributed by atoms with E-state index in [0.717, 1.165) is 0 Å². The van der Waals surface area contributed by atoms with Crippen molar-refractivity contribution in [1.82, 2.24) is 15.1 Å². The van der Waals surface area contributed by atoms with Gasteiger partial charge in [0.2, 0.25) is 5.91 Å². The molecule has 0 unspecified atom stereocenters. The highest BCUT2D eigenvalue weighted by atomic mass is 16.6. The molecule has 3 aliphatic rings. The summed E-state index contributed by atoms with van der Waals surface area (Å²) in [5.74, 6) is -0.402. The quantitative estimate of drug-likeness (QED) is 0.698. The topological polar surface area (TPSA) is 88.2 Å². The second kappa shape index (κ2) is 6.57. The van der Waals surface area contributed by atoms with Gasteiger partial charge < -0.3 is 24.6 Å². The highest BCUT2D eigenvalue weighted by Gasteiger charge is 2.48. The monoisotopic (exact) mass is 365 g/mol. The van der Waals surface area contributed by atoms with Gasteiger partial charge in [-0.3, -0.25) is 4.79 Å². The van der Waals surface area contributed by atoms with E-state index in [0.29, 0.717) is 50.3 Å². The Labute approximate surface area is 153 Å². The van der Waals surface area contributed by atoms with E-state index in [9.17, 15) is 14.4 Å². The van der Waals surface area contributed by atoms with E-state index in [1.807, 2.05) is 20.8 Å². The molecule has 3 rings (SSSR count). The summed E-state index contributed by atoms with van der Waals surface area (Å²) >= 11 is 0. The Morgan fingerprint density at radius 2 is 1.85 bits per heavy atom. The van der Waals surface area contributed by atoms with Crippen molar-refractivity contribution in [3.8, 4) is 0 Å². The SMILES string of the molecule is CC1=C(N2CCNC3(CCN(C(=O)OC(C)(C)C)CC3)C2=O)COC1=O. The zero-order valence-electron chi connectivity index (χ0n) is 15.9. The Morgan fingerprint density at radius 1 is 1.19 bits per heavy atom. The average Bonchev–Trinajstić information content (AvgIpc) is 2.89. The zero-order chi connectivity index (χ0) is 19.1. The number of piperazine rings is 1. The smallest absolute Gasteiger partial charge is 0.410 e. The van der Waals surface area contributed by atoms with Crippen molar-refractivity contribution in [2.24, 2.45) is 0 Å². The van der Waals surface area contributed by atoms with E-state index in [4.69, 9.17) is 9.47 Å². The fourth-order valence-corrected chi connectivity index (χ4v) is 3.64. The number of carbonyl (C=O) groups excluding carboxylic acids is 3. The van der Waals surface area contributed by atoms with Gasteiger partial charge in [0, 0.05) is 26.2 Å². The van der Waals surface area contributed by atoms with E-state index in [2.05, 4.69) is 5.32 Å². The Hall–Kier alpha value is -2.09. The van der Waals surface area contributed by atoms with Gasteiger partial charge in [0.1, 0.15) is 17.7 Å². The van der Waals surface area contributed by atoms with Crippen LogP contribution < -0.4 is 5.32 Å². The van der Waals surface area contributed by atoms with Gasteiger partial charge in [-0.2, -0.15) is 0 Å². The van der Waals surface area contributed by atoms with Gasteiger partial charge in [-0.05, 0) is 40.5 Å². The van der Waals surface area contributed by atoms with Crippen LogP contribution in [0.5, 0.6) is 0 Å². The van der Waals surface area contributed by atoms with Gasteiger partial charge in [0.25, 0.3) is 0 Å². The molecule has 0 atom stereocenters. The van der Waals surface area contributed by atoms with Gasteiger partial charge in [-0.25, -0.2) is 9.59 Å². The Bertz CT molecular complexity index is 656. The van der Waals surface area contributed by atoms with E-state index >= 15 is 0 Å². The molecular weight excluding hydrogens is 338 g/mol. The number of nitrogens with one attached hydrogen (secondary N) is 1. The normalized spacial score (nSPS) is 23.5. The van der Waals surface area contributed by atoms with Gasteiger partial charge in [-0.1, -0.05) is 0 Å². The number of likely N-dealkylation sites (tertiary alicyclic amines) is 1. The van der Waals surface area contributed by atoms with Crippen LogP contribution in [0, 0.1) is 0 Å². The maximum absolute atomic E-state index is 13.2. The van der Waals surface area contributed by atoms with Crippen LogP contribution in [-0.4, -0.2) is 71.7 Å². The molecule has 3 heterocycles. The number of carbonyl (C=O) groups is 3. The molecule has 26 heavy (non-hydrogen) atoms. The molecule has 2 fully saturated rings. The van der Waals surface area contributed by atoms with Crippen LogP contribution in [0.2, 0.25) is 0 Å². The first-order valence-corrected chi connectivity index (χ1v) is 9.05. The van der Waals surface area contributed by atoms with Crippen LogP contribution in [0.4, 0.5) is 4.79 Å². The molecular formula is C18H27N3O5. The van der Waals surface area contributed by atoms with E-state index < -0.39 is 11.1 Å². The largest absolute Gasteiger partial charge is 0.456 e. The average molecular weight is 365 g/mol. The summed E-state index contributed by atoms with van der Waals surface area (Å²) in [5.41, 5.74) is -0.0755. The van der Waals surface area contributed by atoms with Crippen LogP contribution >= 0.6 is 0 Å². The number of hydrogen-bond donors (Lipinski definition) is 1. The molecule has 0 radical (unpaired) electrons. The standard InChI is InChI=1S/C18H27N3O5/c1-12-13(11-25-14(12)22)21-10-7-19-18(15(21)23)5-8-20(9-6-18)16(24)26-17(2,3)4/h19H,5-11H2,1-4H3. The van der Waals surface area contributed by atoms with Gasteiger partial charge >= 0.3 is 12.1 Å². The van der Waals surface area contributed by atoms with Crippen molar-refractivity contribution in [3.63, 3.8) is 0 Å². The van der Waals surface area contributed by atoms with Crippen LogP contribution in [0.1, 0.15) is 40.5 Å². The molecule has 8 heteroatoms. The highest BCUT2D eigenvalue weighted by Crippen LogP contribution is 2.31. The third kappa shape index (κ3) is 3.42.